The van der Waals surface area contributed by atoms with Crippen LogP contribution in [0.4, 0.5) is 0 Å². The van der Waals surface area contributed by atoms with Crippen molar-refractivity contribution in [3.8, 4) is 11.5 Å². The van der Waals surface area contributed by atoms with Gasteiger partial charge in [-0.2, -0.15) is 0 Å². The van der Waals surface area contributed by atoms with Gasteiger partial charge in [0.1, 0.15) is 12.0 Å². The van der Waals surface area contributed by atoms with E-state index in [-0.39, 0.29) is 5.69 Å². The molecule has 0 radical (unpaired) electrons. The number of rotatable bonds is 2. The normalized spacial score (nSPS) is 10.3. The largest absolute Gasteiger partial charge is 0.472 e. The number of oxazole rings is 1. The summed E-state index contributed by atoms with van der Waals surface area (Å²) in [5.74, 6) is 0.269. The van der Waals surface area contributed by atoms with Gasteiger partial charge in [0.25, 0.3) is 0 Å². The minimum atomic E-state index is -0.508. The first-order valence-electron chi connectivity index (χ1n) is 4.30. The second-order valence-corrected chi connectivity index (χ2v) is 2.93. The highest BCUT2D eigenvalue weighted by molar-refractivity contribution is 5.88. The lowest BCUT2D eigenvalue weighted by molar-refractivity contribution is 0.0593. The van der Waals surface area contributed by atoms with E-state index in [0.29, 0.717) is 17.2 Å². The van der Waals surface area contributed by atoms with Gasteiger partial charge in [-0.05, 0) is 13.0 Å². The smallest absolute Gasteiger partial charge is 0.360 e. The second-order valence-electron chi connectivity index (χ2n) is 2.93. The lowest BCUT2D eigenvalue weighted by Crippen LogP contribution is -2.03. The van der Waals surface area contributed by atoms with Gasteiger partial charge in [0, 0.05) is 0 Å². The first-order chi connectivity index (χ1) is 7.22. The molecule has 5 heteroatoms. The molecule has 0 amide bonds. The van der Waals surface area contributed by atoms with Crippen molar-refractivity contribution in [2.24, 2.45) is 0 Å². The molecule has 0 N–H and O–H groups in total. The van der Waals surface area contributed by atoms with Crippen LogP contribution >= 0.6 is 0 Å². The maximum Gasteiger partial charge on any atom is 0.360 e. The van der Waals surface area contributed by atoms with E-state index in [1.807, 2.05) is 0 Å². The van der Waals surface area contributed by atoms with Gasteiger partial charge in [-0.25, -0.2) is 9.78 Å². The Labute approximate surface area is 85.7 Å². The van der Waals surface area contributed by atoms with E-state index in [1.165, 1.54) is 19.6 Å². The number of aryl methyl sites for hydroxylation is 1. The van der Waals surface area contributed by atoms with E-state index in [0.717, 1.165) is 0 Å². The molecule has 0 unspecified atom stereocenters. The number of ether oxygens (including phenoxy) is 1. The molecule has 0 saturated heterocycles. The molecule has 2 rings (SSSR count). The Morgan fingerprint density at radius 3 is 2.93 bits per heavy atom. The average Bonchev–Trinajstić information content (AvgIpc) is 2.84. The monoisotopic (exact) mass is 207 g/mol. The Kier molecular flexibility index (Phi) is 2.29. The summed E-state index contributed by atoms with van der Waals surface area (Å²) in [5.41, 5.74) is 0.877. The molecule has 78 valence electrons. The fraction of sp³-hybridized carbons (Fsp3) is 0.200. The molecule has 0 aliphatic rings. The Morgan fingerprint density at radius 1 is 1.53 bits per heavy atom. The summed E-state index contributed by atoms with van der Waals surface area (Å²) < 4.78 is 14.8. The molecule has 2 heterocycles. The van der Waals surface area contributed by atoms with Gasteiger partial charge >= 0.3 is 5.97 Å². The lowest BCUT2D eigenvalue weighted by atomic mass is 10.3. The summed E-state index contributed by atoms with van der Waals surface area (Å²) in [7, 11) is 1.30. The maximum absolute atomic E-state index is 11.2. The molecule has 2 aromatic rings. The van der Waals surface area contributed by atoms with Crippen molar-refractivity contribution in [1.29, 1.82) is 0 Å². The van der Waals surface area contributed by atoms with Gasteiger partial charge in [0.2, 0.25) is 5.89 Å². The lowest BCUT2D eigenvalue weighted by Gasteiger charge is -1.91. The average molecular weight is 207 g/mol. The van der Waals surface area contributed by atoms with E-state index in [9.17, 15) is 4.79 Å². The molecule has 0 aromatic carbocycles. The van der Waals surface area contributed by atoms with E-state index in [1.54, 1.807) is 13.0 Å². The molecular formula is C10H9NO4. The van der Waals surface area contributed by atoms with Gasteiger partial charge in [-0.1, -0.05) is 0 Å². The molecule has 0 spiro atoms. The summed E-state index contributed by atoms with van der Waals surface area (Å²) in [6.07, 6.45) is 3.00. The molecule has 15 heavy (non-hydrogen) atoms. The molecule has 2 aromatic heterocycles. The van der Waals surface area contributed by atoms with Crippen molar-refractivity contribution < 1.29 is 18.4 Å². The highest BCUT2D eigenvalue weighted by Gasteiger charge is 2.18. The summed E-state index contributed by atoms with van der Waals surface area (Å²) >= 11 is 0. The van der Waals surface area contributed by atoms with Crippen LogP contribution < -0.4 is 0 Å². The molecule has 0 saturated carbocycles. The minimum absolute atomic E-state index is 0.189. The van der Waals surface area contributed by atoms with Crippen LogP contribution in [0.1, 0.15) is 16.2 Å². The van der Waals surface area contributed by atoms with Crippen LogP contribution in [0.15, 0.2) is 27.4 Å². The third kappa shape index (κ3) is 1.63. The summed E-state index contributed by atoms with van der Waals surface area (Å²) in [6.45, 7) is 1.66. The van der Waals surface area contributed by atoms with Crippen molar-refractivity contribution in [1.82, 2.24) is 4.98 Å². The fourth-order valence-electron chi connectivity index (χ4n) is 1.19. The van der Waals surface area contributed by atoms with Gasteiger partial charge in [-0.3, -0.25) is 0 Å². The highest BCUT2D eigenvalue weighted by atomic mass is 16.5. The second kappa shape index (κ2) is 3.61. The van der Waals surface area contributed by atoms with Gasteiger partial charge in [0.15, 0.2) is 5.69 Å². The molecule has 0 bridgehead atoms. The zero-order valence-electron chi connectivity index (χ0n) is 8.31. The van der Waals surface area contributed by atoms with E-state index in [4.69, 9.17) is 8.83 Å². The van der Waals surface area contributed by atoms with Crippen molar-refractivity contribution in [2.75, 3.05) is 7.11 Å². The Bertz CT molecular complexity index is 470. The summed E-state index contributed by atoms with van der Waals surface area (Å²) in [5, 5.41) is 0. The fourth-order valence-corrected chi connectivity index (χ4v) is 1.19. The number of carbonyl (C=O) groups excluding carboxylic acids is 1. The Balaban J connectivity index is 2.41. The molecule has 0 aliphatic carbocycles. The van der Waals surface area contributed by atoms with Gasteiger partial charge in [0.05, 0.1) is 18.9 Å². The third-order valence-electron chi connectivity index (χ3n) is 1.94. The summed E-state index contributed by atoms with van der Waals surface area (Å²) in [4.78, 5) is 15.3. The van der Waals surface area contributed by atoms with Crippen molar-refractivity contribution in [3.63, 3.8) is 0 Å². The predicted octanol–water partition coefficient (Wildman–Crippen LogP) is 2.03. The first-order valence-corrected chi connectivity index (χ1v) is 4.30. The number of nitrogens with zero attached hydrogens (tertiary/aromatic N) is 1. The third-order valence-corrected chi connectivity index (χ3v) is 1.94. The Morgan fingerprint density at radius 2 is 2.33 bits per heavy atom. The van der Waals surface area contributed by atoms with Crippen LogP contribution in [0, 0.1) is 6.92 Å². The quantitative estimate of drug-likeness (QED) is 0.705. The van der Waals surface area contributed by atoms with Crippen LogP contribution in [-0.2, 0) is 4.74 Å². The van der Waals surface area contributed by atoms with E-state index >= 15 is 0 Å². The molecule has 0 fully saturated rings. The SMILES string of the molecule is COC(=O)c1nc(-c2ccoc2)oc1C. The highest BCUT2D eigenvalue weighted by Crippen LogP contribution is 2.22. The van der Waals surface area contributed by atoms with Gasteiger partial charge < -0.3 is 13.6 Å². The summed E-state index contributed by atoms with van der Waals surface area (Å²) in [6, 6.07) is 1.70. The molecule has 0 atom stereocenters. The molecular weight excluding hydrogens is 198 g/mol. The van der Waals surface area contributed by atoms with Crippen molar-refractivity contribution in [3.05, 3.63) is 30.0 Å². The number of aromatic nitrogens is 1. The number of furan rings is 1. The zero-order valence-corrected chi connectivity index (χ0v) is 8.31. The topological polar surface area (TPSA) is 65.5 Å². The number of methoxy groups -OCH3 is 1. The van der Waals surface area contributed by atoms with E-state index < -0.39 is 5.97 Å². The zero-order chi connectivity index (χ0) is 10.8. The maximum atomic E-state index is 11.2. The van der Waals surface area contributed by atoms with Crippen LogP contribution in [0.5, 0.6) is 0 Å². The van der Waals surface area contributed by atoms with Gasteiger partial charge in [-0.15, -0.1) is 0 Å². The van der Waals surface area contributed by atoms with Crippen LogP contribution in [-0.4, -0.2) is 18.1 Å². The standard InChI is InChI=1S/C10H9NO4/c1-6-8(10(12)13-2)11-9(15-6)7-3-4-14-5-7/h3-5H,1-2H3. The molecule has 0 aliphatic heterocycles. The number of carbonyl (C=O) groups is 1. The predicted molar refractivity (Wildman–Crippen MR) is 50.3 cm³/mol. The number of hydrogen-bond acceptors (Lipinski definition) is 5. The number of esters is 1. The van der Waals surface area contributed by atoms with Crippen molar-refractivity contribution in [2.45, 2.75) is 6.92 Å². The minimum Gasteiger partial charge on any atom is -0.472 e. The van der Waals surface area contributed by atoms with Crippen LogP contribution in [0.3, 0.4) is 0 Å². The van der Waals surface area contributed by atoms with E-state index in [2.05, 4.69) is 9.72 Å². The Hall–Kier alpha value is -2.04. The first kappa shape index (κ1) is 9.51. The molecule has 5 nitrogen and oxygen atoms in total. The number of hydrogen-bond donors (Lipinski definition) is 0. The van der Waals surface area contributed by atoms with Crippen LogP contribution in [0.25, 0.3) is 11.5 Å². The van der Waals surface area contributed by atoms with Crippen LogP contribution in [0.2, 0.25) is 0 Å². The van der Waals surface area contributed by atoms with Crippen molar-refractivity contribution >= 4 is 5.97 Å².